The molecule has 6 nitrogen and oxygen atoms in total. The average molecular weight is 1140 g/mol. The van der Waals surface area contributed by atoms with E-state index in [-0.39, 0.29) is 31.1 Å². The Hall–Kier alpha value is -3.67. The lowest BCUT2D eigenvalue weighted by Crippen LogP contribution is -2.30. The molecule has 1 atom stereocenters. The highest BCUT2D eigenvalue weighted by Gasteiger charge is 2.19. The molecular formula is C76H132O6. The topological polar surface area (TPSA) is 78.9 Å². The average Bonchev–Trinajstić information content (AvgIpc) is 3.47. The third-order valence-electron chi connectivity index (χ3n) is 15.4. The van der Waals surface area contributed by atoms with E-state index in [0.717, 1.165) is 122 Å². The molecule has 1 unspecified atom stereocenters. The number of hydrogen-bond donors (Lipinski definition) is 0. The Kier molecular flexibility index (Phi) is 66.7. The van der Waals surface area contributed by atoms with E-state index in [9.17, 15) is 14.4 Å². The van der Waals surface area contributed by atoms with E-state index in [1.165, 1.54) is 186 Å². The Balaban J connectivity index is 4.30. The van der Waals surface area contributed by atoms with Gasteiger partial charge in [-0.2, -0.15) is 0 Å². The summed E-state index contributed by atoms with van der Waals surface area (Å²) in [5, 5.41) is 0. The van der Waals surface area contributed by atoms with Crippen molar-refractivity contribution < 1.29 is 28.6 Å². The number of esters is 3. The van der Waals surface area contributed by atoms with Gasteiger partial charge >= 0.3 is 17.9 Å². The van der Waals surface area contributed by atoms with Crippen LogP contribution in [0.1, 0.15) is 348 Å². The molecule has 0 amide bonds. The van der Waals surface area contributed by atoms with Crippen molar-refractivity contribution in [3.8, 4) is 0 Å². The fourth-order valence-corrected chi connectivity index (χ4v) is 10.1. The highest BCUT2D eigenvalue weighted by molar-refractivity contribution is 5.71. The van der Waals surface area contributed by atoms with Gasteiger partial charge in [0.25, 0.3) is 0 Å². The molecule has 0 aliphatic carbocycles. The summed E-state index contributed by atoms with van der Waals surface area (Å²) in [7, 11) is 0. The SMILES string of the molecule is CC/C=C\C/C=C\C/C=C\C/C=C\C/C=C\C/C=C\C/C=C\C/C=C\CCCCCCCCC(=O)OCC(COC(=O)CCCCCCCCCCCCCCC)OC(=O)CCCCCCCCCCCCCCCCCCCCCC. The minimum atomic E-state index is -0.782. The van der Waals surface area contributed by atoms with Gasteiger partial charge in [-0.25, -0.2) is 0 Å². The van der Waals surface area contributed by atoms with Gasteiger partial charge in [-0.3, -0.25) is 14.4 Å². The second-order valence-corrected chi connectivity index (χ2v) is 23.4. The largest absolute Gasteiger partial charge is 0.462 e. The van der Waals surface area contributed by atoms with Crippen molar-refractivity contribution in [3.63, 3.8) is 0 Å². The molecule has 6 heteroatoms. The molecule has 0 radical (unpaired) electrons. The fraction of sp³-hybridized carbons (Fsp3) is 0.750. The third kappa shape index (κ3) is 67.1. The normalized spacial score (nSPS) is 12.7. The summed E-state index contributed by atoms with van der Waals surface area (Å²) in [5.74, 6) is -0.873. The van der Waals surface area contributed by atoms with Gasteiger partial charge in [-0.05, 0) is 83.5 Å². The minimum absolute atomic E-state index is 0.0769. The number of allylic oxidation sites excluding steroid dienone is 16. The van der Waals surface area contributed by atoms with Crippen molar-refractivity contribution in [2.75, 3.05) is 13.2 Å². The number of rotatable bonds is 64. The van der Waals surface area contributed by atoms with Gasteiger partial charge in [-0.15, -0.1) is 0 Å². The van der Waals surface area contributed by atoms with E-state index < -0.39 is 6.10 Å². The van der Waals surface area contributed by atoms with Crippen molar-refractivity contribution >= 4 is 17.9 Å². The Bertz CT molecular complexity index is 1590. The fourth-order valence-electron chi connectivity index (χ4n) is 10.1. The van der Waals surface area contributed by atoms with Crippen LogP contribution in [0.3, 0.4) is 0 Å². The maximum atomic E-state index is 12.9. The molecule has 0 bridgehead atoms. The zero-order chi connectivity index (χ0) is 59.2. The molecule has 0 aromatic rings. The van der Waals surface area contributed by atoms with Gasteiger partial charge in [0.1, 0.15) is 13.2 Å². The summed E-state index contributed by atoms with van der Waals surface area (Å²) in [6.07, 6.45) is 94.3. The molecule has 0 heterocycles. The Labute approximate surface area is 508 Å². The molecule has 0 spiro atoms. The molecule has 0 N–H and O–H groups in total. The van der Waals surface area contributed by atoms with Gasteiger partial charge in [-0.1, -0.05) is 343 Å². The third-order valence-corrected chi connectivity index (χ3v) is 15.4. The van der Waals surface area contributed by atoms with Crippen LogP contribution in [0, 0.1) is 0 Å². The van der Waals surface area contributed by atoms with Gasteiger partial charge in [0, 0.05) is 19.3 Å². The molecular weight excluding hydrogens is 1010 g/mol. The van der Waals surface area contributed by atoms with Gasteiger partial charge in [0.2, 0.25) is 0 Å². The van der Waals surface area contributed by atoms with E-state index in [1.54, 1.807) is 0 Å². The van der Waals surface area contributed by atoms with Gasteiger partial charge in [0.05, 0.1) is 0 Å². The molecule has 0 saturated carbocycles. The van der Waals surface area contributed by atoms with E-state index >= 15 is 0 Å². The lowest BCUT2D eigenvalue weighted by molar-refractivity contribution is -0.167. The molecule has 472 valence electrons. The van der Waals surface area contributed by atoms with Crippen LogP contribution in [0.15, 0.2) is 97.2 Å². The van der Waals surface area contributed by atoms with Crippen LogP contribution in [0.5, 0.6) is 0 Å². The quantitative estimate of drug-likeness (QED) is 0.0261. The summed E-state index contributed by atoms with van der Waals surface area (Å²) in [5.41, 5.74) is 0. The summed E-state index contributed by atoms with van der Waals surface area (Å²) >= 11 is 0. The summed E-state index contributed by atoms with van der Waals surface area (Å²) in [6, 6.07) is 0. The first-order valence-corrected chi connectivity index (χ1v) is 35.2. The van der Waals surface area contributed by atoms with Crippen LogP contribution >= 0.6 is 0 Å². The highest BCUT2D eigenvalue weighted by atomic mass is 16.6. The number of ether oxygens (including phenoxy) is 3. The summed E-state index contributed by atoms with van der Waals surface area (Å²) in [4.78, 5) is 38.4. The Morgan fingerprint density at radius 3 is 0.744 bits per heavy atom. The lowest BCUT2D eigenvalue weighted by atomic mass is 10.0. The van der Waals surface area contributed by atoms with Crippen LogP contribution < -0.4 is 0 Å². The van der Waals surface area contributed by atoms with Gasteiger partial charge in [0.15, 0.2) is 6.10 Å². The predicted molar refractivity (Wildman–Crippen MR) is 357 cm³/mol. The zero-order valence-electron chi connectivity index (χ0n) is 54.2. The standard InChI is InChI=1S/C76H132O6/c1-4-7-10-13-16-19-22-25-27-29-31-33-34-35-36-37-38-39-40-41-42-43-45-46-48-51-54-57-60-63-66-69-75(78)81-72-73(71-80-74(77)68-65-62-59-56-53-50-24-21-18-15-12-9-6-3)82-76(79)70-67-64-61-58-55-52-49-47-44-32-30-28-26-23-20-17-14-11-8-5-2/h7,10,16,19,25,27,31,33,35-36,38-39,41-42,45-46,73H,4-6,8-9,11-15,17-18,20-24,26,28-30,32,34,37,40,43-44,47-72H2,1-3H3/b10-7-,19-16-,27-25-,33-31-,36-35-,39-38-,42-41-,46-45-. The molecule has 0 aromatic heterocycles. The second kappa shape index (κ2) is 69.8. The Morgan fingerprint density at radius 1 is 0.256 bits per heavy atom. The number of carbonyl (C=O) groups is 3. The first-order valence-electron chi connectivity index (χ1n) is 35.2. The molecule has 0 fully saturated rings. The van der Waals surface area contributed by atoms with Crippen LogP contribution in [0.2, 0.25) is 0 Å². The van der Waals surface area contributed by atoms with Crippen LogP contribution in [0.25, 0.3) is 0 Å². The van der Waals surface area contributed by atoms with E-state index in [1.807, 2.05) is 0 Å². The summed E-state index contributed by atoms with van der Waals surface area (Å²) in [6.45, 7) is 6.56. The molecule has 0 aliphatic rings. The maximum Gasteiger partial charge on any atom is 0.306 e. The van der Waals surface area contributed by atoms with Crippen molar-refractivity contribution in [1.29, 1.82) is 0 Å². The second-order valence-electron chi connectivity index (χ2n) is 23.4. The minimum Gasteiger partial charge on any atom is -0.462 e. The summed E-state index contributed by atoms with van der Waals surface area (Å²) < 4.78 is 17.0. The van der Waals surface area contributed by atoms with Crippen LogP contribution in [-0.4, -0.2) is 37.2 Å². The van der Waals surface area contributed by atoms with Crippen molar-refractivity contribution in [3.05, 3.63) is 97.2 Å². The molecule has 82 heavy (non-hydrogen) atoms. The molecule has 0 rings (SSSR count). The van der Waals surface area contributed by atoms with Gasteiger partial charge < -0.3 is 14.2 Å². The molecule has 0 saturated heterocycles. The lowest BCUT2D eigenvalue weighted by Gasteiger charge is -2.18. The first kappa shape index (κ1) is 78.3. The molecule has 0 aliphatic heterocycles. The van der Waals surface area contributed by atoms with Crippen molar-refractivity contribution in [2.45, 2.75) is 354 Å². The van der Waals surface area contributed by atoms with Crippen LogP contribution in [-0.2, 0) is 28.6 Å². The van der Waals surface area contributed by atoms with Crippen LogP contribution in [0.4, 0.5) is 0 Å². The highest BCUT2D eigenvalue weighted by Crippen LogP contribution is 2.18. The smallest absolute Gasteiger partial charge is 0.306 e. The van der Waals surface area contributed by atoms with E-state index in [0.29, 0.717) is 19.3 Å². The number of unbranched alkanes of at least 4 members (excludes halogenated alkanes) is 37. The molecule has 0 aromatic carbocycles. The maximum absolute atomic E-state index is 12.9. The first-order chi connectivity index (χ1) is 40.5. The number of carbonyl (C=O) groups excluding carboxylic acids is 3. The zero-order valence-corrected chi connectivity index (χ0v) is 54.2. The van der Waals surface area contributed by atoms with E-state index in [4.69, 9.17) is 14.2 Å². The predicted octanol–water partition coefficient (Wildman–Crippen LogP) is 24.4. The van der Waals surface area contributed by atoms with Crippen molar-refractivity contribution in [2.24, 2.45) is 0 Å². The van der Waals surface area contributed by atoms with E-state index in [2.05, 4.69) is 118 Å². The van der Waals surface area contributed by atoms with Crippen molar-refractivity contribution in [1.82, 2.24) is 0 Å². The number of hydrogen-bond acceptors (Lipinski definition) is 6. The monoisotopic (exact) mass is 1140 g/mol. The Morgan fingerprint density at radius 2 is 0.476 bits per heavy atom.